The summed E-state index contributed by atoms with van der Waals surface area (Å²) in [4.78, 5) is 6.52. The number of aliphatic imine (C=N–C) groups is 1. The summed E-state index contributed by atoms with van der Waals surface area (Å²) >= 11 is 3.58. The third-order valence-electron chi connectivity index (χ3n) is 3.38. The number of hydrogen-bond donors (Lipinski definition) is 1. The highest BCUT2D eigenvalue weighted by Crippen LogP contribution is 2.19. The standard InChI is InChI=1S/C14H20BrN3/c1-16-14(17-12-7-5-8-12)18(2)10-11-6-3-4-9-13(11)15/h3-4,6,9,12H,5,7-8,10H2,1-2H3,(H,16,17). The van der Waals surface area contributed by atoms with E-state index in [1.807, 2.05) is 13.1 Å². The first kappa shape index (κ1) is 13.4. The highest BCUT2D eigenvalue weighted by molar-refractivity contribution is 9.10. The van der Waals surface area contributed by atoms with Crippen LogP contribution in [-0.2, 0) is 6.54 Å². The van der Waals surface area contributed by atoms with Gasteiger partial charge in [-0.1, -0.05) is 34.1 Å². The summed E-state index contributed by atoms with van der Waals surface area (Å²) in [5, 5.41) is 3.50. The molecular weight excluding hydrogens is 290 g/mol. The maximum atomic E-state index is 4.35. The molecule has 4 heteroatoms. The first-order valence-electron chi connectivity index (χ1n) is 6.38. The van der Waals surface area contributed by atoms with Crippen LogP contribution < -0.4 is 5.32 Å². The van der Waals surface area contributed by atoms with Crippen molar-refractivity contribution in [2.45, 2.75) is 31.8 Å². The van der Waals surface area contributed by atoms with E-state index in [2.05, 4.69) is 56.4 Å². The van der Waals surface area contributed by atoms with Gasteiger partial charge in [0.05, 0.1) is 0 Å². The zero-order valence-corrected chi connectivity index (χ0v) is 12.6. The van der Waals surface area contributed by atoms with Gasteiger partial charge in [0.2, 0.25) is 0 Å². The van der Waals surface area contributed by atoms with Gasteiger partial charge in [0.15, 0.2) is 5.96 Å². The second kappa shape index (κ2) is 6.23. The zero-order valence-electron chi connectivity index (χ0n) is 11.0. The highest BCUT2D eigenvalue weighted by Gasteiger charge is 2.19. The summed E-state index contributed by atoms with van der Waals surface area (Å²) in [5.74, 6) is 0.982. The fourth-order valence-corrected chi connectivity index (χ4v) is 2.45. The van der Waals surface area contributed by atoms with Gasteiger partial charge >= 0.3 is 0 Å². The van der Waals surface area contributed by atoms with Crippen molar-refractivity contribution in [2.24, 2.45) is 4.99 Å². The number of halogens is 1. The molecule has 0 saturated heterocycles. The molecule has 0 unspecified atom stereocenters. The minimum absolute atomic E-state index is 0.616. The Bertz CT molecular complexity index is 427. The monoisotopic (exact) mass is 309 g/mol. The van der Waals surface area contributed by atoms with Crippen molar-refractivity contribution in [2.75, 3.05) is 14.1 Å². The lowest BCUT2D eigenvalue weighted by Gasteiger charge is -2.31. The lowest BCUT2D eigenvalue weighted by Crippen LogP contribution is -2.46. The largest absolute Gasteiger partial charge is 0.354 e. The van der Waals surface area contributed by atoms with Crippen LogP contribution in [0.15, 0.2) is 33.7 Å². The maximum absolute atomic E-state index is 4.35. The van der Waals surface area contributed by atoms with E-state index in [1.54, 1.807) is 0 Å². The molecule has 0 aliphatic heterocycles. The van der Waals surface area contributed by atoms with Crippen LogP contribution in [0.4, 0.5) is 0 Å². The smallest absolute Gasteiger partial charge is 0.193 e. The van der Waals surface area contributed by atoms with Crippen LogP contribution in [0.25, 0.3) is 0 Å². The minimum Gasteiger partial charge on any atom is -0.354 e. The lowest BCUT2D eigenvalue weighted by atomic mass is 9.93. The van der Waals surface area contributed by atoms with E-state index < -0.39 is 0 Å². The average molecular weight is 310 g/mol. The van der Waals surface area contributed by atoms with Crippen molar-refractivity contribution in [3.63, 3.8) is 0 Å². The summed E-state index contributed by atoms with van der Waals surface area (Å²) in [5.41, 5.74) is 1.27. The van der Waals surface area contributed by atoms with Crippen molar-refractivity contribution in [1.29, 1.82) is 0 Å². The molecule has 2 rings (SSSR count). The molecule has 1 saturated carbocycles. The molecule has 0 aromatic heterocycles. The number of hydrogen-bond acceptors (Lipinski definition) is 1. The average Bonchev–Trinajstić information content (AvgIpc) is 2.31. The van der Waals surface area contributed by atoms with E-state index in [0.717, 1.165) is 17.0 Å². The molecule has 1 fully saturated rings. The fraction of sp³-hybridized carbons (Fsp3) is 0.500. The molecule has 0 atom stereocenters. The molecule has 98 valence electrons. The van der Waals surface area contributed by atoms with Crippen molar-refractivity contribution in [3.8, 4) is 0 Å². The number of guanidine groups is 1. The van der Waals surface area contributed by atoms with Gasteiger partial charge in [-0.15, -0.1) is 0 Å². The van der Waals surface area contributed by atoms with Crippen LogP contribution in [-0.4, -0.2) is 31.0 Å². The van der Waals surface area contributed by atoms with E-state index >= 15 is 0 Å². The van der Waals surface area contributed by atoms with Crippen molar-refractivity contribution in [1.82, 2.24) is 10.2 Å². The van der Waals surface area contributed by atoms with Gasteiger partial charge in [0.25, 0.3) is 0 Å². The minimum atomic E-state index is 0.616. The van der Waals surface area contributed by atoms with Gasteiger partial charge < -0.3 is 10.2 Å². The second-order valence-corrected chi connectivity index (χ2v) is 5.62. The Morgan fingerprint density at radius 1 is 1.44 bits per heavy atom. The molecule has 1 aliphatic rings. The predicted molar refractivity (Wildman–Crippen MR) is 79.7 cm³/mol. The summed E-state index contributed by atoms with van der Waals surface area (Å²) in [6.07, 6.45) is 3.87. The van der Waals surface area contributed by atoms with Gasteiger partial charge in [-0.3, -0.25) is 4.99 Å². The number of nitrogens with one attached hydrogen (secondary N) is 1. The molecule has 1 aromatic carbocycles. The first-order chi connectivity index (χ1) is 8.70. The molecule has 1 aliphatic carbocycles. The van der Waals surface area contributed by atoms with Crippen LogP contribution in [0.5, 0.6) is 0 Å². The second-order valence-electron chi connectivity index (χ2n) is 4.77. The van der Waals surface area contributed by atoms with Gasteiger partial charge in [-0.05, 0) is 30.9 Å². The summed E-state index contributed by atoms with van der Waals surface area (Å²) in [7, 11) is 3.92. The van der Waals surface area contributed by atoms with Crippen molar-refractivity contribution in [3.05, 3.63) is 34.3 Å². The number of nitrogens with zero attached hydrogens (tertiary/aromatic N) is 2. The van der Waals surface area contributed by atoms with Crippen LogP contribution in [0.2, 0.25) is 0 Å². The maximum Gasteiger partial charge on any atom is 0.193 e. The Morgan fingerprint density at radius 2 is 2.17 bits per heavy atom. The molecular formula is C14H20BrN3. The topological polar surface area (TPSA) is 27.6 Å². The fourth-order valence-electron chi connectivity index (χ4n) is 2.04. The molecule has 0 amide bonds. The van der Waals surface area contributed by atoms with Gasteiger partial charge in [-0.25, -0.2) is 0 Å². The normalized spacial score (nSPS) is 16.3. The van der Waals surface area contributed by atoms with E-state index in [-0.39, 0.29) is 0 Å². The molecule has 0 spiro atoms. The first-order valence-corrected chi connectivity index (χ1v) is 7.18. The highest BCUT2D eigenvalue weighted by atomic mass is 79.9. The van der Waals surface area contributed by atoms with Gasteiger partial charge in [0, 0.05) is 31.2 Å². The third-order valence-corrected chi connectivity index (χ3v) is 4.15. The molecule has 18 heavy (non-hydrogen) atoms. The SMILES string of the molecule is CN=C(NC1CCC1)N(C)Cc1ccccc1Br. The van der Waals surface area contributed by atoms with E-state index in [0.29, 0.717) is 6.04 Å². The van der Waals surface area contributed by atoms with E-state index in [4.69, 9.17) is 0 Å². The molecule has 0 bridgehead atoms. The number of benzene rings is 1. The molecule has 0 heterocycles. The molecule has 3 nitrogen and oxygen atoms in total. The van der Waals surface area contributed by atoms with Gasteiger partial charge in [-0.2, -0.15) is 0 Å². The molecule has 1 N–H and O–H groups in total. The van der Waals surface area contributed by atoms with Crippen LogP contribution in [0, 0.1) is 0 Å². The van der Waals surface area contributed by atoms with Crippen molar-refractivity contribution < 1.29 is 0 Å². The van der Waals surface area contributed by atoms with Crippen LogP contribution >= 0.6 is 15.9 Å². The Balaban J connectivity index is 1.97. The summed E-state index contributed by atoms with van der Waals surface area (Å²) < 4.78 is 1.15. The zero-order chi connectivity index (χ0) is 13.0. The Hall–Kier alpha value is -1.03. The van der Waals surface area contributed by atoms with Crippen molar-refractivity contribution >= 4 is 21.9 Å². The Labute approximate surface area is 117 Å². The van der Waals surface area contributed by atoms with Crippen LogP contribution in [0.1, 0.15) is 24.8 Å². The Kier molecular flexibility index (Phi) is 4.64. The lowest BCUT2D eigenvalue weighted by molar-refractivity contribution is 0.359. The number of rotatable bonds is 3. The van der Waals surface area contributed by atoms with Crippen LogP contribution in [0.3, 0.4) is 0 Å². The molecule has 1 aromatic rings. The quantitative estimate of drug-likeness (QED) is 0.686. The summed E-state index contributed by atoms with van der Waals surface area (Å²) in [6, 6.07) is 8.93. The van der Waals surface area contributed by atoms with E-state index in [1.165, 1.54) is 24.8 Å². The summed E-state index contributed by atoms with van der Waals surface area (Å²) in [6.45, 7) is 0.855. The van der Waals surface area contributed by atoms with Gasteiger partial charge in [0.1, 0.15) is 0 Å². The molecule has 0 radical (unpaired) electrons. The Morgan fingerprint density at radius 3 is 2.72 bits per heavy atom. The third kappa shape index (κ3) is 3.25. The predicted octanol–water partition coefficient (Wildman–Crippen LogP) is 3.01. The van der Waals surface area contributed by atoms with E-state index in [9.17, 15) is 0 Å².